The van der Waals surface area contributed by atoms with Crippen molar-refractivity contribution in [2.45, 2.75) is 109 Å². The monoisotopic (exact) mass is 792 g/mol. The van der Waals surface area contributed by atoms with Crippen LogP contribution >= 0.6 is 0 Å². The van der Waals surface area contributed by atoms with E-state index in [-0.39, 0.29) is 5.41 Å². The lowest BCUT2D eigenvalue weighted by molar-refractivity contribution is 0.398. The molecule has 302 valence electrons. The van der Waals surface area contributed by atoms with Crippen LogP contribution in [0.3, 0.4) is 0 Å². The first kappa shape index (κ1) is 38.1. The quantitative estimate of drug-likeness (QED) is 0.0587. The Morgan fingerprint density at radius 2 is 0.885 bits per heavy atom. The number of nitrogens with zero attached hydrogens (tertiary/aromatic N) is 2. The number of rotatable bonds is 15. The summed E-state index contributed by atoms with van der Waals surface area (Å²) in [5.41, 5.74) is 12.3. The second-order valence-corrected chi connectivity index (χ2v) is 18.2. The van der Waals surface area contributed by atoms with Crippen LogP contribution in [0.25, 0.3) is 98.2 Å². The fourth-order valence-corrected chi connectivity index (χ4v) is 11.5. The first-order valence-electron chi connectivity index (χ1n) is 23.5. The highest BCUT2D eigenvalue weighted by atomic mass is 14.8. The summed E-state index contributed by atoms with van der Waals surface area (Å²) in [5.74, 6) is 0. The second kappa shape index (κ2) is 15.9. The standard InChI is InChI=1S/C59H56N2/c1-3-5-7-9-11-17-34-59(35-18-12-10-8-6-4-2)51-36-42(43-31-28-41-27-26-39-20-19-21-40-29-33-47(43)56(41)55(39)40)30-32-46(51)50-37-53-54(38-52(50)59)61-58-49-25-16-14-23-45(49)44-22-13-15-24-48(44)57(58)60-53/h13-16,19-33,36-38H,3-12,17-18,34-35H2,1-2H3. The summed E-state index contributed by atoms with van der Waals surface area (Å²) in [7, 11) is 0. The molecular weight excluding hydrogens is 737 g/mol. The van der Waals surface area contributed by atoms with Gasteiger partial charge in [0.05, 0.1) is 22.1 Å². The first-order valence-corrected chi connectivity index (χ1v) is 23.5. The molecule has 0 amide bonds. The summed E-state index contributed by atoms with van der Waals surface area (Å²) in [6, 6.07) is 50.7. The van der Waals surface area contributed by atoms with Gasteiger partial charge in [0.1, 0.15) is 0 Å². The molecule has 1 aliphatic rings. The molecule has 1 heterocycles. The van der Waals surface area contributed by atoms with E-state index < -0.39 is 0 Å². The molecule has 0 spiro atoms. The van der Waals surface area contributed by atoms with Crippen molar-refractivity contribution in [3.63, 3.8) is 0 Å². The zero-order valence-electron chi connectivity index (χ0n) is 36.0. The molecule has 0 N–H and O–H groups in total. The van der Waals surface area contributed by atoms with Gasteiger partial charge in [-0.1, -0.05) is 206 Å². The molecule has 61 heavy (non-hydrogen) atoms. The zero-order chi connectivity index (χ0) is 40.9. The van der Waals surface area contributed by atoms with Crippen molar-refractivity contribution in [1.29, 1.82) is 0 Å². The normalized spacial score (nSPS) is 13.5. The third-order valence-electron chi connectivity index (χ3n) is 14.6. The Balaban J connectivity index is 1.12. The molecule has 9 aromatic carbocycles. The van der Waals surface area contributed by atoms with Crippen molar-refractivity contribution < 1.29 is 0 Å². The number of aromatic nitrogens is 2. The van der Waals surface area contributed by atoms with Gasteiger partial charge in [-0.05, 0) is 108 Å². The maximum absolute atomic E-state index is 5.60. The van der Waals surface area contributed by atoms with Gasteiger partial charge in [-0.2, -0.15) is 0 Å². The van der Waals surface area contributed by atoms with Crippen molar-refractivity contribution in [2.75, 3.05) is 0 Å². The Hall–Kier alpha value is -5.86. The molecule has 0 saturated carbocycles. The number of hydrogen-bond donors (Lipinski definition) is 0. The average Bonchev–Trinajstić information content (AvgIpc) is 3.56. The van der Waals surface area contributed by atoms with Crippen LogP contribution in [0.4, 0.5) is 0 Å². The first-order chi connectivity index (χ1) is 30.2. The van der Waals surface area contributed by atoms with Crippen molar-refractivity contribution in [3.8, 4) is 22.3 Å². The predicted octanol–water partition coefficient (Wildman–Crippen LogP) is 17.4. The van der Waals surface area contributed by atoms with Crippen molar-refractivity contribution in [2.24, 2.45) is 0 Å². The molecule has 1 aliphatic carbocycles. The van der Waals surface area contributed by atoms with Crippen LogP contribution in [0.15, 0.2) is 133 Å². The molecule has 0 bridgehead atoms. The smallest absolute Gasteiger partial charge is 0.0979 e. The predicted molar refractivity (Wildman–Crippen MR) is 263 cm³/mol. The Bertz CT molecular complexity index is 3210. The number of benzene rings is 9. The van der Waals surface area contributed by atoms with Gasteiger partial charge < -0.3 is 0 Å². The van der Waals surface area contributed by atoms with Crippen molar-refractivity contribution >= 4 is 75.9 Å². The minimum atomic E-state index is -0.0870. The van der Waals surface area contributed by atoms with Gasteiger partial charge in [-0.3, -0.25) is 0 Å². The Morgan fingerprint density at radius 3 is 1.52 bits per heavy atom. The topological polar surface area (TPSA) is 25.8 Å². The molecule has 2 nitrogen and oxygen atoms in total. The van der Waals surface area contributed by atoms with Gasteiger partial charge in [0.2, 0.25) is 0 Å². The minimum absolute atomic E-state index is 0.0870. The lowest BCUT2D eigenvalue weighted by Gasteiger charge is -2.33. The molecule has 0 fully saturated rings. The fourth-order valence-electron chi connectivity index (χ4n) is 11.5. The molecule has 0 saturated heterocycles. The second-order valence-electron chi connectivity index (χ2n) is 18.2. The third-order valence-corrected chi connectivity index (χ3v) is 14.6. The summed E-state index contributed by atoms with van der Waals surface area (Å²) in [4.78, 5) is 11.1. The lowest BCUT2D eigenvalue weighted by atomic mass is 9.70. The molecule has 0 atom stereocenters. The van der Waals surface area contributed by atoms with Gasteiger partial charge in [-0.15, -0.1) is 0 Å². The molecule has 0 aliphatic heterocycles. The van der Waals surface area contributed by atoms with Crippen LogP contribution in [-0.4, -0.2) is 9.97 Å². The van der Waals surface area contributed by atoms with E-state index in [1.807, 2.05) is 0 Å². The highest BCUT2D eigenvalue weighted by Gasteiger charge is 2.43. The lowest BCUT2D eigenvalue weighted by Crippen LogP contribution is -2.25. The molecular formula is C59H56N2. The van der Waals surface area contributed by atoms with Crippen LogP contribution in [0.1, 0.15) is 115 Å². The molecule has 2 heteroatoms. The van der Waals surface area contributed by atoms with E-state index in [0.29, 0.717) is 0 Å². The van der Waals surface area contributed by atoms with E-state index in [1.165, 1.54) is 164 Å². The maximum atomic E-state index is 5.60. The Labute approximate surface area is 360 Å². The summed E-state index contributed by atoms with van der Waals surface area (Å²) in [6.45, 7) is 4.64. The number of hydrogen-bond acceptors (Lipinski definition) is 2. The van der Waals surface area contributed by atoms with E-state index in [9.17, 15) is 0 Å². The van der Waals surface area contributed by atoms with Gasteiger partial charge >= 0.3 is 0 Å². The fraction of sp³-hybridized carbons (Fsp3) is 0.288. The third kappa shape index (κ3) is 6.36. The summed E-state index contributed by atoms with van der Waals surface area (Å²) < 4.78 is 0. The van der Waals surface area contributed by atoms with Crippen LogP contribution in [0.2, 0.25) is 0 Å². The summed E-state index contributed by atoms with van der Waals surface area (Å²) >= 11 is 0. The molecule has 0 radical (unpaired) electrons. The van der Waals surface area contributed by atoms with Crippen LogP contribution in [0.5, 0.6) is 0 Å². The van der Waals surface area contributed by atoms with Crippen molar-refractivity contribution in [3.05, 3.63) is 145 Å². The Morgan fingerprint density at radius 1 is 0.377 bits per heavy atom. The van der Waals surface area contributed by atoms with E-state index in [0.717, 1.165) is 34.9 Å². The SMILES string of the molecule is CCCCCCCCC1(CCCCCCCC)c2cc(-c3ccc4ccc5cccc6ccc3c4c56)ccc2-c2cc3nc4c5ccccc5c5ccccc5c4nc3cc21. The Kier molecular flexibility index (Phi) is 9.91. The molecule has 0 unspecified atom stereocenters. The van der Waals surface area contributed by atoms with E-state index >= 15 is 0 Å². The van der Waals surface area contributed by atoms with Gasteiger partial charge in [0.15, 0.2) is 0 Å². The van der Waals surface area contributed by atoms with E-state index in [2.05, 4.69) is 147 Å². The number of unbranched alkanes of at least 4 members (excludes halogenated alkanes) is 10. The zero-order valence-corrected chi connectivity index (χ0v) is 36.0. The highest BCUT2D eigenvalue weighted by molar-refractivity contribution is 6.26. The van der Waals surface area contributed by atoms with Crippen LogP contribution in [-0.2, 0) is 5.41 Å². The van der Waals surface area contributed by atoms with E-state index in [1.54, 1.807) is 0 Å². The number of fused-ring (bicyclic) bond motifs is 10. The van der Waals surface area contributed by atoms with Crippen molar-refractivity contribution in [1.82, 2.24) is 9.97 Å². The van der Waals surface area contributed by atoms with Crippen LogP contribution in [0, 0.1) is 0 Å². The average molecular weight is 793 g/mol. The van der Waals surface area contributed by atoms with Gasteiger partial charge in [0.25, 0.3) is 0 Å². The maximum Gasteiger partial charge on any atom is 0.0979 e. The van der Waals surface area contributed by atoms with Gasteiger partial charge in [0, 0.05) is 16.2 Å². The van der Waals surface area contributed by atoms with E-state index in [4.69, 9.17) is 9.97 Å². The molecule has 10 aromatic rings. The van der Waals surface area contributed by atoms with Crippen LogP contribution < -0.4 is 0 Å². The highest BCUT2D eigenvalue weighted by Crippen LogP contribution is 2.56. The largest absolute Gasteiger partial charge is 0.244 e. The van der Waals surface area contributed by atoms with Gasteiger partial charge in [-0.25, -0.2) is 9.97 Å². The molecule has 1 aromatic heterocycles. The minimum Gasteiger partial charge on any atom is -0.244 e. The summed E-state index contributed by atoms with van der Waals surface area (Å²) in [5, 5.41) is 12.9. The molecule has 11 rings (SSSR count). The summed E-state index contributed by atoms with van der Waals surface area (Å²) in [6.07, 6.45) is 17.9.